The Morgan fingerprint density at radius 3 is 1.17 bits per heavy atom. The molecule has 18 heavy (non-hydrogen) atoms. The third-order valence-corrected chi connectivity index (χ3v) is 1.12. The smallest absolute Gasteiger partial charge is 0.475 e. The Kier molecular flexibility index (Phi) is 10.9. The molecule has 0 bridgehead atoms. The van der Waals surface area contributed by atoms with E-state index < -0.39 is 27.8 Å². The second-order valence-electron chi connectivity index (χ2n) is 1.82. The summed E-state index contributed by atoms with van der Waals surface area (Å²) >= 11 is 9.53. The number of rotatable bonds is 0. The predicted octanol–water partition coefficient (Wildman–Crippen LogP) is 2.45. The molecule has 0 aliphatic rings. The third kappa shape index (κ3) is 15.5. The zero-order valence-electron chi connectivity index (χ0n) is 7.76. The van der Waals surface area contributed by atoms with Crippen molar-refractivity contribution in [2.45, 2.75) is 11.7 Å². The highest BCUT2D eigenvalue weighted by molar-refractivity contribution is 7.86. The summed E-state index contributed by atoms with van der Waals surface area (Å²) < 4.78 is 89.3. The van der Waals surface area contributed by atoms with Gasteiger partial charge in [0.05, 0.1) is 5.34 Å². The van der Waals surface area contributed by atoms with Gasteiger partial charge in [-0.3, -0.25) is 4.55 Å². The number of carboxylic acid groups (broad SMARTS) is 1. The molecule has 0 aromatic carbocycles. The van der Waals surface area contributed by atoms with Crippen molar-refractivity contribution in [1.29, 1.82) is 0 Å². The summed E-state index contributed by atoms with van der Waals surface area (Å²) in [7, 11) is -5.84. The number of halogens is 8. The zero-order valence-corrected chi connectivity index (χ0v) is 10.1. The predicted molar refractivity (Wildman–Crippen MR) is 47.9 cm³/mol. The molecule has 0 saturated carbocycles. The second kappa shape index (κ2) is 8.61. The molecule has 14 heteroatoms. The van der Waals surface area contributed by atoms with Crippen LogP contribution in [0.3, 0.4) is 0 Å². The van der Waals surface area contributed by atoms with Crippen molar-refractivity contribution in [3.05, 3.63) is 0 Å². The molecule has 0 saturated heterocycles. The van der Waals surface area contributed by atoms with E-state index in [0.717, 1.165) is 0 Å². The van der Waals surface area contributed by atoms with Crippen LogP contribution in [0.5, 0.6) is 0 Å². The Labute approximate surface area is 106 Å². The maximum Gasteiger partial charge on any atom is 0.522 e. The van der Waals surface area contributed by atoms with Crippen LogP contribution in [-0.4, -0.2) is 41.1 Å². The van der Waals surface area contributed by atoms with Gasteiger partial charge in [-0.05, 0) is 0 Å². The largest absolute Gasteiger partial charge is 0.522 e. The maximum atomic E-state index is 10.7. The van der Waals surface area contributed by atoms with Gasteiger partial charge in [0.15, 0.2) is 0 Å². The lowest BCUT2D eigenvalue weighted by atomic mass is 10.7. The van der Waals surface area contributed by atoms with E-state index in [1.54, 1.807) is 0 Å². The van der Waals surface area contributed by atoms with E-state index in [9.17, 15) is 26.3 Å². The third-order valence-electron chi connectivity index (χ3n) is 0.535. The molecule has 0 aromatic rings. The lowest BCUT2D eigenvalue weighted by molar-refractivity contribution is -0.192. The van der Waals surface area contributed by atoms with Crippen molar-refractivity contribution in [1.82, 2.24) is 0 Å². The quantitative estimate of drug-likeness (QED) is 0.303. The monoisotopic (exact) mass is 348 g/mol. The van der Waals surface area contributed by atoms with Crippen LogP contribution in [0.15, 0.2) is 0 Å². The Balaban J connectivity index is -0.000000207. The van der Waals surface area contributed by atoms with E-state index in [1.807, 2.05) is 0 Å². The molecule has 0 heterocycles. The van der Waals surface area contributed by atoms with E-state index in [4.69, 9.17) is 46.1 Å². The first-order valence-electron chi connectivity index (χ1n) is 3.07. The van der Waals surface area contributed by atoms with Gasteiger partial charge in [-0.2, -0.15) is 34.8 Å². The van der Waals surface area contributed by atoms with E-state index in [0.29, 0.717) is 0 Å². The van der Waals surface area contributed by atoms with Crippen LogP contribution in [-0.2, 0) is 14.9 Å². The Bertz CT molecular complexity index is 335. The highest BCUT2D eigenvalue weighted by Crippen LogP contribution is 2.20. The first kappa shape index (κ1) is 22.7. The Hall–Kier alpha value is -0.460. The number of aliphatic carboxylic acids is 1. The molecular formula is C4H4Cl2F6O5S. The molecule has 2 N–H and O–H groups in total. The number of carboxylic acids is 1. The summed E-state index contributed by atoms with van der Waals surface area (Å²) in [6, 6.07) is 0. The van der Waals surface area contributed by atoms with Crippen LogP contribution in [0, 0.1) is 0 Å². The highest BCUT2D eigenvalue weighted by Gasteiger charge is 2.44. The van der Waals surface area contributed by atoms with Crippen LogP contribution in [0.4, 0.5) is 26.3 Å². The minimum atomic E-state index is -5.84. The van der Waals surface area contributed by atoms with Crippen molar-refractivity contribution in [2.75, 3.05) is 5.34 Å². The lowest BCUT2D eigenvalue weighted by Gasteiger charge is -1.97. The van der Waals surface area contributed by atoms with E-state index >= 15 is 0 Å². The average Bonchev–Trinajstić information content (AvgIpc) is 2.00. The minimum Gasteiger partial charge on any atom is -0.475 e. The Morgan fingerprint density at radius 1 is 1.06 bits per heavy atom. The van der Waals surface area contributed by atoms with Gasteiger partial charge in [-0.25, -0.2) is 4.79 Å². The van der Waals surface area contributed by atoms with Gasteiger partial charge >= 0.3 is 27.8 Å². The van der Waals surface area contributed by atoms with Gasteiger partial charge in [0.2, 0.25) is 0 Å². The maximum absolute atomic E-state index is 10.7. The minimum absolute atomic E-state index is 0.194. The molecule has 0 amide bonds. The van der Waals surface area contributed by atoms with Gasteiger partial charge in [0, 0.05) is 0 Å². The van der Waals surface area contributed by atoms with Crippen LogP contribution in [0.1, 0.15) is 0 Å². The first-order valence-corrected chi connectivity index (χ1v) is 5.58. The molecule has 0 aliphatic heterocycles. The summed E-state index contributed by atoms with van der Waals surface area (Å²) in [5, 5.41) is 7.32. The topological polar surface area (TPSA) is 91.7 Å². The molecule has 112 valence electrons. The fraction of sp³-hybridized carbons (Fsp3) is 0.750. The molecule has 5 nitrogen and oxygen atoms in total. The molecule has 0 atom stereocenters. The molecule has 0 unspecified atom stereocenters. The summed E-state index contributed by atoms with van der Waals surface area (Å²) in [6.45, 7) is 0. The summed E-state index contributed by atoms with van der Waals surface area (Å²) in [6.07, 6.45) is -5.08. The lowest BCUT2D eigenvalue weighted by Crippen LogP contribution is -2.21. The molecule has 0 aliphatic carbocycles. The Morgan fingerprint density at radius 2 is 1.17 bits per heavy atom. The highest BCUT2D eigenvalue weighted by atomic mass is 35.5. The van der Waals surface area contributed by atoms with Crippen LogP contribution in [0.25, 0.3) is 0 Å². The van der Waals surface area contributed by atoms with Crippen molar-refractivity contribution >= 4 is 39.3 Å². The summed E-state index contributed by atoms with van der Waals surface area (Å²) in [5.74, 6) is -2.76. The molecule has 0 fully saturated rings. The van der Waals surface area contributed by atoms with Crippen molar-refractivity contribution in [2.24, 2.45) is 0 Å². The fourth-order valence-corrected chi connectivity index (χ4v) is 0. The molecule has 0 spiro atoms. The van der Waals surface area contributed by atoms with E-state index in [2.05, 4.69) is 0 Å². The van der Waals surface area contributed by atoms with Gasteiger partial charge in [-0.1, -0.05) is 0 Å². The normalized spacial score (nSPS) is 11.6. The van der Waals surface area contributed by atoms with Crippen molar-refractivity contribution in [3.8, 4) is 0 Å². The van der Waals surface area contributed by atoms with Crippen LogP contribution in [0.2, 0.25) is 0 Å². The van der Waals surface area contributed by atoms with E-state index in [-0.39, 0.29) is 5.34 Å². The zero-order chi connectivity index (χ0) is 15.8. The molecular weight excluding hydrogens is 345 g/mol. The van der Waals surface area contributed by atoms with Gasteiger partial charge in [-0.15, -0.1) is 23.2 Å². The average molecular weight is 349 g/mol. The van der Waals surface area contributed by atoms with Gasteiger partial charge in [0.25, 0.3) is 0 Å². The molecule has 0 rings (SSSR count). The summed E-state index contributed by atoms with van der Waals surface area (Å²) in [4.78, 5) is 8.90. The fourth-order valence-electron chi connectivity index (χ4n) is 0. The standard InChI is InChI=1S/C2HF3O2.CH2Cl2.CHF3O3S/c3-2(4,5)1(6)7;2-1-3;2-1(3,4)8(5,6)7/h(H,6,7);1H2;(H,5,6,7). The van der Waals surface area contributed by atoms with Crippen molar-refractivity contribution in [3.63, 3.8) is 0 Å². The van der Waals surface area contributed by atoms with Crippen LogP contribution < -0.4 is 0 Å². The number of hydrogen-bond acceptors (Lipinski definition) is 3. The molecule has 0 radical (unpaired) electrons. The van der Waals surface area contributed by atoms with Gasteiger partial charge in [0.1, 0.15) is 0 Å². The van der Waals surface area contributed by atoms with Crippen LogP contribution >= 0.6 is 23.2 Å². The number of carbonyl (C=O) groups is 1. The van der Waals surface area contributed by atoms with Gasteiger partial charge < -0.3 is 5.11 Å². The van der Waals surface area contributed by atoms with Crippen molar-refractivity contribution < 1.29 is 49.2 Å². The summed E-state index contributed by atoms with van der Waals surface area (Å²) in [5.41, 5.74) is -5.53. The first-order chi connectivity index (χ1) is 7.61. The van der Waals surface area contributed by atoms with E-state index in [1.165, 1.54) is 0 Å². The second-order valence-corrected chi connectivity index (χ2v) is 4.05. The SMILES string of the molecule is ClCCl.O=C(O)C(F)(F)F.O=S(=O)(O)C(F)(F)F. The molecule has 0 aromatic heterocycles. The number of hydrogen-bond donors (Lipinski definition) is 2. The number of alkyl halides is 8.